The molecule has 1 aliphatic rings. The molecule has 5 rings (SSSR count). The van der Waals surface area contributed by atoms with Crippen LogP contribution in [0.3, 0.4) is 0 Å². The van der Waals surface area contributed by atoms with Crippen LogP contribution in [0.25, 0.3) is 22.3 Å². The van der Waals surface area contributed by atoms with Gasteiger partial charge < -0.3 is 19.7 Å². The van der Waals surface area contributed by atoms with Crippen molar-refractivity contribution < 1.29 is 22.7 Å². The third-order valence-corrected chi connectivity index (χ3v) is 8.66. The van der Waals surface area contributed by atoms with E-state index in [9.17, 15) is 13.2 Å². The Hall–Kier alpha value is -3.93. The number of sulfone groups is 1. The number of anilines is 1. The number of fused-ring (bicyclic) bond motifs is 2. The first-order valence-electron chi connectivity index (χ1n) is 12.9. The van der Waals surface area contributed by atoms with Crippen molar-refractivity contribution in [3.63, 3.8) is 0 Å². The molecule has 0 radical (unpaired) electrons. The van der Waals surface area contributed by atoms with Crippen LogP contribution in [0.15, 0.2) is 65.7 Å². The molecule has 0 unspecified atom stereocenters. The lowest BCUT2D eigenvalue weighted by atomic mass is 10.1. The van der Waals surface area contributed by atoms with Crippen molar-refractivity contribution in [3.8, 4) is 11.4 Å². The number of benzene rings is 1. The molecule has 0 spiro atoms. The summed E-state index contributed by atoms with van der Waals surface area (Å²) in [5, 5.41) is 3.69. The van der Waals surface area contributed by atoms with Crippen molar-refractivity contribution in [2.24, 2.45) is 0 Å². The number of hydrogen-bond donors (Lipinski definition) is 1. The fourth-order valence-electron chi connectivity index (χ4n) is 4.48. The minimum Gasteiger partial charge on any atom is -0.383 e. The lowest BCUT2D eigenvalue weighted by Gasteiger charge is -2.25. The number of carbonyl (C=O) groups is 1. The molecule has 10 nitrogen and oxygen atoms in total. The van der Waals surface area contributed by atoms with Gasteiger partial charge in [-0.1, -0.05) is 12.1 Å². The van der Waals surface area contributed by atoms with Crippen LogP contribution in [0.2, 0.25) is 0 Å². The van der Waals surface area contributed by atoms with Crippen LogP contribution >= 0.6 is 0 Å². The second-order valence-corrected chi connectivity index (χ2v) is 11.8. The Kier molecular flexibility index (Phi) is 8.06. The van der Waals surface area contributed by atoms with E-state index >= 15 is 0 Å². The van der Waals surface area contributed by atoms with Gasteiger partial charge >= 0.3 is 0 Å². The smallest absolute Gasteiger partial charge is 0.251 e. The molecule has 40 heavy (non-hydrogen) atoms. The van der Waals surface area contributed by atoms with E-state index in [0.29, 0.717) is 17.9 Å². The van der Waals surface area contributed by atoms with Gasteiger partial charge in [0.25, 0.3) is 5.91 Å². The summed E-state index contributed by atoms with van der Waals surface area (Å²) in [7, 11) is 0.154. The average Bonchev–Trinajstić information content (AvgIpc) is 3.12. The van der Waals surface area contributed by atoms with E-state index < -0.39 is 9.84 Å². The summed E-state index contributed by atoms with van der Waals surface area (Å²) < 4.78 is 35.8. The molecule has 0 aliphatic carbocycles. The molecular weight excluding hydrogens is 530 g/mol. The normalized spacial score (nSPS) is 15.2. The van der Waals surface area contributed by atoms with Crippen molar-refractivity contribution in [2.45, 2.75) is 31.0 Å². The van der Waals surface area contributed by atoms with Crippen molar-refractivity contribution in [2.75, 3.05) is 38.0 Å². The van der Waals surface area contributed by atoms with Crippen LogP contribution in [-0.4, -0.2) is 68.4 Å². The molecule has 1 atom stereocenters. The van der Waals surface area contributed by atoms with Gasteiger partial charge in [0.1, 0.15) is 5.82 Å². The molecule has 3 aromatic heterocycles. The zero-order valence-corrected chi connectivity index (χ0v) is 23.4. The van der Waals surface area contributed by atoms with Gasteiger partial charge in [0, 0.05) is 31.3 Å². The first-order valence-corrected chi connectivity index (χ1v) is 14.6. The van der Waals surface area contributed by atoms with Crippen molar-refractivity contribution in [3.05, 3.63) is 77.6 Å². The fraction of sp³-hybridized carbons (Fsp3) is 0.310. The number of nitrogens with one attached hydrogen (secondary N) is 1. The Morgan fingerprint density at radius 3 is 2.77 bits per heavy atom. The average molecular weight is 562 g/mol. The standard InChI is InChI=1S/C29H31N5O5S/c1-19(17-38-3)34(2)28-6-4-5-24(33-28)25-10-9-21-15-30-23(14-26(21)32-25)16-31-29(35)20-7-8-22-18-39-11-12-40(36,37)27(22)13-20/h4-10,13-15,19H,11-12,16-18H2,1-3H3,(H,31,35)/t19-/m0/s1. The predicted molar refractivity (Wildman–Crippen MR) is 152 cm³/mol. The van der Waals surface area contributed by atoms with E-state index in [1.165, 1.54) is 6.07 Å². The SMILES string of the molecule is COC[C@H](C)N(C)c1cccc(-c2ccc3cnc(CNC(=O)c4ccc5c(c4)S(=O)(=O)CCOC5)cc3n2)n1. The van der Waals surface area contributed by atoms with Crippen LogP contribution < -0.4 is 10.2 Å². The van der Waals surface area contributed by atoms with Crippen LogP contribution in [0.5, 0.6) is 0 Å². The summed E-state index contributed by atoms with van der Waals surface area (Å²) >= 11 is 0. The van der Waals surface area contributed by atoms with Crippen molar-refractivity contribution in [1.29, 1.82) is 0 Å². The van der Waals surface area contributed by atoms with Gasteiger partial charge in [0.2, 0.25) is 0 Å². The van der Waals surface area contributed by atoms with E-state index in [1.54, 1.807) is 25.4 Å². The number of methoxy groups -OCH3 is 1. The van der Waals surface area contributed by atoms with Crippen LogP contribution in [0, 0.1) is 0 Å². The maximum atomic E-state index is 12.9. The van der Waals surface area contributed by atoms with Crippen LogP contribution in [0.4, 0.5) is 5.82 Å². The Bertz CT molecular complexity index is 1660. The largest absolute Gasteiger partial charge is 0.383 e. The van der Waals surface area contributed by atoms with Gasteiger partial charge in [0.15, 0.2) is 9.84 Å². The van der Waals surface area contributed by atoms with Gasteiger partial charge in [-0.05, 0) is 55.0 Å². The van der Waals surface area contributed by atoms with E-state index in [1.807, 2.05) is 43.4 Å². The maximum absolute atomic E-state index is 12.9. The highest BCUT2D eigenvalue weighted by atomic mass is 32.2. The summed E-state index contributed by atoms with van der Waals surface area (Å²) in [5.74, 6) is 0.324. The number of ether oxygens (including phenoxy) is 2. The van der Waals surface area contributed by atoms with E-state index in [-0.39, 0.29) is 47.9 Å². The first kappa shape index (κ1) is 27.6. The topological polar surface area (TPSA) is 124 Å². The number of carbonyl (C=O) groups excluding carboxylic acids is 1. The Labute approximate surface area is 233 Å². The molecule has 4 heterocycles. The second kappa shape index (κ2) is 11.7. The number of nitrogens with zero attached hydrogens (tertiary/aromatic N) is 4. The number of likely N-dealkylation sites (N-methyl/N-ethyl adjacent to an activating group) is 1. The molecule has 0 saturated carbocycles. The number of hydrogen-bond acceptors (Lipinski definition) is 9. The molecule has 1 N–H and O–H groups in total. The number of aromatic nitrogens is 3. The summed E-state index contributed by atoms with van der Waals surface area (Å²) in [5.41, 5.74) is 3.63. The summed E-state index contributed by atoms with van der Waals surface area (Å²) in [6, 6.07) is 16.3. The van der Waals surface area contributed by atoms with E-state index in [0.717, 1.165) is 28.1 Å². The van der Waals surface area contributed by atoms with Crippen molar-refractivity contribution >= 4 is 32.5 Å². The highest BCUT2D eigenvalue weighted by Gasteiger charge is 2.23. The number of amides is 1. The van der Waals surface area contributed by atoms with Gasteiger partial charge in [-0.2, -0.15) is 0 Å². The maximum Gasteiger partial charge on any atom is 0.251 e. The van der Waals surface area contributed by atoms with Gasteiger partial charge in [-0.15, -0.1) is 0 Å². The molecule has 1 amide bonds. The summed E-state index contributed by atoms with van der Waals surface area (Å²) in [6.07, 6.45) is 1.71. The Balaban J connectivity index is 1.33. The third-order valence-electron chi connectivity index (χ3n) is 6.91. The Morgan fingerprint density at radius 1 is 1.12 bits per heavy atom. The monoisotopic (exact) mass is 561 g/mol. The number of pyridine rings is 3. The van der Waals surface area contributed by atoms with Gasteiger partial charge in [-0.3, -0.25) is 9.78 Å². The third kappa shape index (κ3) is 5.96. The molecule has 1 aliphatic heterocycles. The van der Waals surface area contributed by atoms with Crippen LogP contribution in [-0.2, 0) is 32.5 Å². The van der Waals surface area contributed by atoms with Crippen LogP contribution in [0.1, 0.15) is 28.5 Å². The number of rotatable bonds is 8. The van der Waals surface area contributed by atoms with Gasteiger partial charge in [-0.25, -0.2) is 18.4 Å². The fourth-order valence-corrected chi connectivity index (χ4v) is 5.87. The van der Waals surface area contributed by atoms with E-state index in [2.05, 4.69) is 22.1 Å². The zero-order valence-electron chi connectivity index (χ0n) is 22.6. The Morgan fingerprint density at radius 2 is 1.95 bits per heavy atom. The second-order valence-electron chi connectivity index (χ2n) is 9.74. The highest BCUT2D eigenvalue weighted by Crippen LogP contribution is 2.24. The van der Waals surface area contributed by atoms with E-state index in [4.69, 9.17) is 19.4 Å². The molecule has 4 aromatic rings. The molecule has 208 valence electrons. The summed E-state index contributed by atoms with van der Waals surface area (Å²) in [4.78, 5) is 29.2. The summed E-state index contributed by atoms with van der Waals surface area (Å²) in [6.45, 7) is 3.15. The minimum absolute atomic E-state index is 0.107. The zero-order chi connectivity index (χ0) is 28.3. The molecule has 11 heteroatoms. The molecule has 1 aromatic carbocycles. The quantitative estimate of drug-likeness (QED) is 0.345. The minimum atomic E-state index is -3.51. The molecular formula is C29H31N5O5S. The first-order chi connectivity index (χ1) is 19.2. The molecule has 0 bridgehead atoms. The lowest BCUT2D eigenvalue weighted by molar-refractivity contribution is 0.0950. The van der Waals surface area contributed by atoms with Crippen molar-refractivity contribution in [1.82, 2.24) is 20.3 Å². The highest BCUT2D eigenvalue weighted by molar-refractivity contribution is 7.91. The molecule has 0 saturated heterocycles. The molecule has 0 fully saturated rings. The lowest BCUT2D eigenvalue weighted by Crippen LogP contribution is -2.33. The van der Waals surface area contributed by atoms with Gasteiger partial charge in [0.05, 0.1) is 65.7 Å². The predicted octanol–water partition coefficient (Wildman–Crippen LogP) is 3.40.